The third-order valence-corrected chi connectivity index (χ3v) is 3.78. The number of benzene rings is 1. The summed E-state index contributed by atoms with van der Waals surface area (Å²) in [6, 6.07) is 13.3. The van der Waals surface area contributed by atoms with E-state index in [1.807, 2.05) is 6.07 Å². The summed E-state index contributed by atoms with van der Waals surface area (Å²) >= 11 is 6.03. The topological polar surface area (TPSA) is 84.2 Å². The van der Waals surface area contributed by atoms with E-state index in [9.17, 15) is 9.59 Å². The van der Waals surface area contributed by atoms with Crippen molar-refractivity contribution in [1.29, 1.82) is 0 Å². The summed E-state index contributed by atoms with van der Waals surface area (Å²) in [6.07, 6.45) is 3.21. The van der Waals surface area contributed by atoms with E-state index < -0.39 is 11.7 Å². The zero-order valence-corrected chi connectivity index (χ0v) is 13.8. The van der Waals surface area contributed by atoms with Crippen molar-refractivity contribution in [3.63, 3.8) is 0 Å². The first kappa shape index (κ1) is 16.7. The molecular weight excluding hydrogens is 342 g/mol. The summed E-state index contributed by atoms with van der Waals surface area (Å²) in [5.41, 5.74) is 0.853. The van der Waals surface area contributed by atoms with E-state index in [0.29, 0.717) is 16.3 Å². The highest BCUT2D eigenvalue weighted by Crippen LogP contribution is 2.17. The van der Waals surface area contributed by atoms with Crippen LogP contribution in [0.15, 0.2) is 70.1 Å². The molecule has 7 heteroatoms. The van der Waals surface area contributed by atoms with E-state index in [1.165, 1.54) is 6.07 Å². The Bertz CT molecular complexity index is 942. The first-order chi connectivity index (χ1) is 12.1. The Labute approximate surface area is 148 Å². The molecule has 2 amide bonds. The van der Waals surface area contributed by atoms with Crippen LogP contribution in [-0.4, -0.2) is 11.0 Å². The molecule has 2 N–H and O–H groups in total. The predicted octanol–water partition coefficient (Wildman–Crippen LogP) is 3.68. The number of amides is 2. The van der Waals surface area contributed by atoms with E-state index in [-0.39, 0.29) is 12.2 Å². The second kappa shape index (κ2) is 7.63. The zero-order valence-electron chi connectivity index (χ0n) is 13.0. The van der Waals surface area contributed by atoms with Crippen molar-refractivity contribution in [3.05, 3.63) is 81.9 Å². The Hall–Kier alpha value is -3.12. The van der Waals surface area contributed by atoms with Gasteiger partial charge in [-0.1, -0.05) is 29.8 Å². The number of carbonyl (C=O) groups is 1. The molecule has 0 aliphatic carbocycles. The zero-order chi connectivity index (χ0) is 17.6. The lowest BCUT2D eigenvalue weighted by molar-refractivity contribution is 0.251. The van der Waals surface area contributed by atoms with E-state index in [4.69, 9.17) is 16.0 Å². The third-order valence-electron chi connectivity index (χ3n) is 3.42. The van der Waals surface area contributed by atoms with Crippen LogP contribution >= 0.6 is 11.6 Å². The van der Waals surface area contributed by atoms with Gasteiger partial charge in [0.2, 0.25) is 0 Å². The number of carbonyl (C=O) groups excluding carboxylic acids is 1. The molecule has 0 radical (unpaired) electrons. The molecule has 0 atom stereocenters. The van der Waals surface area contributed by atoms with Crippen LogP contribution in [0, 0.1) is 0 Å². The van der Waals surface area contributed by atoms with E-state index in [1.54, 1.807) is 48.8 Å². The highest BCUT2D eigenvalue weighted by atomic mass is 35.5. The van der Waals surface area contributed by atoms with Crippen LogP contribution in [0.3, 0.4) is 0 Å². The molecule has 25 heavy (non-hydrogen) atoms. The lowest BCUT2D eigenvalue weighted by atomic mass is 10.2. The average Bonchev–Trinajstić information content (AvgIpc) is 2.63. The average molecular weight is 356 g/mol. The minimum absolute atomic E-state index is 0.0456. The Morgan fingerprint density at radius 3 is 2.68 bits per heavy atom. The van der Waals surface area contributed by atoms with Crippen LogP contribution in [0.25, 0.3) is 11.3 Å². The van der Waals surface area contributed by atoms with Gasteiger partial charge < -0.3 is 15.1 Å². The maximum atomic E-state index is 12.0. The molecule has 1 aromatic carbocycles. The van der Waals surface area contributed by atoms with Gasteiger partial charge in [0, 0.05) is 29.5 Å². The Morgan fingerprint density at radius 1 is 1.12 bits per heavy atom. The lowest BCUT2D eigenvalue weighted by Gasteiger charge is -2.08. The predicted molar refractivity (Wildman–Crippen MR) is 95.5 cm³/mol. The molecule has 6 nitrogen and oxygen atoms in total. The SMILES string of the molecule is O=C(NCc1ccccc1Cl)Nc1ccc(-c2cccnc2)oc1=O. The number of urea groups is 1. The molecule has 2 heterocycles. The van der Waals surface area contributed by atoms with Crippen LogP contribution in [0.4, 0.5) is 10.5 Å². The molecule has 0 fully saturated rings. The summed E-state index contributed by atoms with van der Waals surface area (Å²) in [5, 5.41) is 5.66. The van der Waals surface area contributed by atoms with Crippen molar-refractivity contribution >= 4 is 23.3 Å². The standard InChI is InChI=1S/C18H14ClN3O3/c19-14-6-2-1-4-12(14)11-21-18(24)22-15-7-8-16(25-17(15)23)13-5-3-9-20-10-13/h1-10H,11H2,(H2,21,22,24). The van der Waals surface area contributed by atoms with Gasteiger partial charge >= 0.3 is 11.7 Å². The second-order valence-electron chi connectivity index (χ2n) is 5.14. The van der Waals surface area contributed by atoms with Gasteiger partial charge in [0.05, 0.1) is 0 Å². The van der Waals surface area contributed by atoms with Gasteiger partial charge in [-0.2, -0.15) is 0 Å². The van der Waals surface area contributed by atoms with Crippen molar-refractivity contribution in [1.82, 2.24) is 10.3 Å². The van der Waals surface area contributed by atoms with Crippen molar-refractivity contribution in [2.45, 2.75) is 6.54 Å². The van der Waals surface area contributed by atoms with Gasteiger partial charge in [-0.15, -0.1) is 0 Å². The Kier molecular flexibility index (Phi) is 5.11. The summed E-state index contributed by atoms with van der Waals surface area (Å²) in [6.45, 7) is 0.241. The number of nitrogens with one attached hydrogen (secondary N) is 2. The fourth-order valence-electron chi connectivity index (χ4n) is 2.16. The van der Waals surface area contributed by atoms with Gasteiger partial charge in [-0.05, 0) is 35.9 Å². The number of pyridine rings is 1. The van der Waals surface area contributed by atoms with Crippen LogP contribution in [0.1, 0.15) is 5.56 Å². The van der Waals surface area contributed by atoms with Crippen molar-refractivity contribution in [2.75, 3.05) is 5.32 Å². The number of hydrogen-bond acceptors (Lipinski definition) is 4. The van der Waals surface area contributed by atoms with Gasteiger partial charge in [0.15, 0.2) is 0 Å². The van der Waals surface area contributed by atoms with Gasteiger partial charge in [0.1, 0.15) is 11.4 Å². The fourth-order valence-corrected chi connectivity index (χ4v) is 2.36. The molecule has 0 saturated heterocycles. The molecule has 3 rings (SSSR count). The van der Waals surface area contributed by atoms with Crippen molar-refractivity contribution < 1.29 is 9.21 Å². The molecule has 3 aromatic rings. The fraction of sp³-hybridized carbons (Fsp3) is 0.0556. The lowest BCUT2D eigenvalue weighted by Crippen LogP contribution is -2.30. The minimum atomic E-state index is -0.644. The van der Waals surface area contributed by atoms with Crippen LogP contribution < -0.4 is 16.3 Å². The van der Waals surface area contributed by atoms with Crippen LogP contribution in [0.2, 0.25) is 5.02 Å². The summed E-state index contributed by atoms with van der Waals surface area (Å²) < 4.78 is 5.22. The number of halogens is 1. The molecule has 0 saturated carbocycles. The molecule has 0 spiro atoms. The quantitative estimate of drug-likeness (QED) is 0.747. The highest BCUT2D eigenvalue weighted by Gasteiger charge is 2.09. The van der Waals surface area contributed by atoms with Gasteiger partial charge in [0.25, 0.3) is 0 Å². The number of nitrogens with zero attached hydrogens (tertiary/aromatic N) is 1. The van der Waals surface area contributed by atoms with E-state index >= 15 is 0 Å². The third kappa shape index (κ3) is 4.24. The molecule has 0 aliphatic rings. The number of rotatable bonds is 4. The largest absolute Gasteiger partial charge is 0.421 e. The van der Waals surface area contributed by atoms with Gasteiger partial charge in [-0.25, -0.2) is 9.59 Å². The number of anilines is 1. The molecule has 2 aromatic heterocycles. The Morgan fingerprint density at radius 2 is 1.96 bits per heavy atom. The van der Waals surface area contributed by atoms with Crippen molar-refractivity contribution in [2.24, 2.45) is 0 Å². The molecule has 0 unspecified atom stereocenters. The molecule has 0 bridgehead atoms. The van der Waals surface area contributed by atoms with Crippen LogP contribution in [0.5, 0.6) is 0 Å². The monoisotopic (exact) mass is 355 g/mol. The first-order valence-electron chi connectivity index (χ1n) is 7.46. The molecule has 0 aliphatic heterocycles. The normalized spacial score (nSPS) is 10.3. The van der Waals surface area contributed by atoms with E-state index in [0.717, 1.165) is 5.56 Å². The van der Waals surface area contributed by atoms with Crippen molar-refractivity contribution in [3.8, 4) is 11.3 Å². The molecular formula is C18H14ClN3O3. The maximum Gasteiger partial charge on any atom is 0.360 e. The summed E-state index contributed by atoms with van der Waals surface area (Å²) in [4.78, 5) is 27.9. The first-order valence-corrected chi connectivity index (χ1v) is 7.84. The van der Waals surface area contributed by atoms with Gasteiger partial charge in [-0.3, -0.25) is 4.98 Å². The summed E-state index contributed by atoms with van der Waals surface area (Å²) in [7, 11) is 0. The maximum absolute atomic E-state index is 12.0. The minimum Gasteiger partial charge on any atom is -0.421 e. The molecule has 126 valence electrons. The Balaban J connectivity index is 1.66. The highest BCUT2D eigenvalue weighted by molar-refractivity contribution is 6.31. The number of aromatic nitrogens is 1. The summed E-state index contributed by atoms with van der Waals surface area (Å²) in [5.74, 6) is 0.375. The smallest absolute Gasteiger partial charge is 0.360 e. The number of hydrogen-bond donors (Lipinski definition) is 2. The van der Waals surface area contributed by atoms with Crippen LogP contribution in [-0.2, 0) is 6.54 Å². The second-order valence-corrected chi connectivity index (χ2v) is 5.55. The van der Waals surface area contributed by atoms with E-state index in [2.05, 4.69) is 15.6 Å².